The first kappa shape index (κ1) is 13.6. The summed E-state index contributed by atoms with van der Waals surface area (Å²) in [5, 5.41) is 4.34. The lowest BCUT2D eigenvalue weighted by molar-refractivity contribution is 0.358. The zero-order chi connectivity index (χ0) is 12.5. The molecule has 0 radical (unpaired) electrons. The van der Waals surface area contributed by atoms with E-state index in [-0.39, 0.29) is 0 Å². The Morgan fingerprint density at radius 3 is 2.88 bits per heavy atom. The van der Waals surface area contributed by atoms with E-state index in [9.17, 15) is 0 Å². The van der Waals surface area contributed by atoms with Crippen molar-refractivity contribution in [3.05, 3.63) is 27.7 Å². The maximum Gasteiger partial charge on any atom is 0.0568 e. The van der Waals surface area contributed by atoms with Crippen LogP contribution in [0.15, 0.2) is 22.7 Å². The first-order chi connectivity index (χ1) is 7.96. The van der Waals surface area contributed by atoms with Crippen LogP contribution in [0.25, 0.3) is 0 Å². The Hall–Kier alpha value is 0.140. The Morgan fingerprint density at radius 2 is 2.24 bits per heavy atom. The predicted octanol–water partition coefficient (Wildman–Crippen LogP) is 5.05. The van der Waals surface area contributed by atoms with Gasteiger partial charge in [-0.3, -0.25) is 0 Å². The van der Waals surface area contributed by atoms with E-state index in [2.05, 4.69) is 41.2 Å². The molecule has 0 spiro atoms. The first-order valence-corrected chi connectivity index (χ1v) is 8.08. The summed E-state index contributed by atoms with van der Waals surface area (Å²) in [4.78, 5) is 0. The van der Waals surface area contributed by atoms with Crippen molar-refractivity contribution < 1.29 is 0 Å². The van der Waals surface area contributed by atoms with Gasteiger partial charge in [0, 0.05) is 22.0 Å². The van der Waals surface area contributed by atoms with Gasteiger partial charge in [-0.2, -0.15) is 11.8 Å². The fourth-order valence-electron chi connectivity index (χ4n) is 2.18. The van der Waals surface area contributed by atoms with E-state index in [4.69, 9.17) is 11.6 Å². The molecule has 1 unspecified atom stereocenters. The van der Waals surface area contributed by atoms with Crippen LogP contribution in [0.4, 0.5) is 5.69 Å². The molecule has 1 atom stereocenters. The van der Waals surface area contributed by atoms with E-state index in [1.165, 1.54) is 17.9 Å². The number of benzene rings is 1. The minimum absolute atomic E-state index is 0.430. The molecule has 1 aliphatic heterocycles. The highest BCUT2D eigenvalue weighted by molar-refractivity contribution is 9.10. The van der Waals surface area contributed by atoms with Crippen LogP contribution in [0.1, 0.15) is 20.3 Å². The molecule has 1 saturated heterocycles. The van der Waals surface area contributed by atoms with Crippen LogP contribution in [0.3, 0.4) is 0 Å². The summed E-state index contributed by atoms with van der Waals surface area (Å²) in [5.74, 6) is 2.43. The molecule has 0 saturated carbocycles. The molecular weight excluding hydrogens is 318 g/mol. The zero-order valence-electron chi connectivity index (χ0n) is 10.1. The second-order valence-corrected chi connectivity index (χ2v) is 7.65. The van der Waals surface area contributed by atoms with Gasteiger partial charge in [-0.25, -0.2) is 0 Å². The molecule has 94 valence electrons. The minimum atomic E-state index is 0.430. The summed E-state index contributed by atoms with van der Waals surface area (Å²) >= 11 is 11.5. The van der Waals surface area contributed by atoms with Gasteiger partial charge in [0.25, 0.3) is 0 Å². The summed E-state index contributed by atoms with van der Waals surface area (Å²) in [6.45, 7) is 4.67. The smallest absolute Gasteiger partial charge is 0.0568 e. The lowest BCUT2D eigenvalue weighted by atomic mass is 9.88. The fraction of sp³-hybridized carbons (Fsp3) is 0.538. The summed E-state index contributed by atoms with van der Waals surface area (Å²) in [6, 6.07) is 6.59. The molecule has 1 aromatic rings. The molecule has 4 heteroatoms. The maximum atomic E-state index is 6.10. The van der Waals surface area contributed by atoms with Gasteiger partial charge in [0.05, 0.1) is 5.02 Å². The molecule has 1 N–H and O–H groups in total. The molecule has 2 rings (SSSR count). The van der Waals surface area contributed by atoms with Crippen molar-refractivity contribution in [2.75, 3.05) is 16.8 Å². The Kier molecular flexibility index (Phi) is 4.32. The highest BCUT2D eigenvalue weighted by Crippen LogP contribution is 2.35. The maximum absolute atomic E-state index is 6.10. The van der Waals surface area contributed by atoms with E-state index in [1.54, 1.807) is 0 Å². The normalized spacial score (nSPS) is 23.4. The largest absolute Gasteiger partial charge is 0.381 e. The average Bonchev–Trinajstić information content (AvgIpc) is 2.22. The van der Waals surface area contributed by atoms with Crippen molar-refractivity contribution in [2.24, 2.45) is 5.41 Å². The van der Waals surface area contributed by atoms with Crippen molar-refractivity contribution in [1.29, 1.82) is 0 Å². The van der Waals surface area contributed by atoms with Crippen LogP contribution in [-0.2, 0) is 0 Å². The van der Waals surface area contributed by atoms with Gasteiger partial charge >= 0.3 is 0 Å². The molecule has 1 aliphatic rings. The number of halogens is 2. The molecule has 17 heavy (non-hydrogen) atoms. The Bertz CT molecular complexity index is 408. The third kappa shape index (κ3) is 3.80. The molecule has 1 nitrogen and oxygen atoms in total. The van der Waals surface area contributed by atoms with Gasteiger partial charge in [-0.05, 0) is 51.7 Å². The van der Waals surface area contributed by atoms with E-state index in [1.807, 2.05) is 23.9 Å². The number of nitrogens with one attached hydrogen (secondary N) is 1. The van der Waals surface area contributed by atoms with Crippen LogP contribution in [0, 0.1) is 5.41 Å². The monoisotopic (exact) mass is 333 g/mol. The number of hydrogen-bond donors (Lipinski definition) is 1. The molecule has 0 aromatic heterocycles. The zero-order valence-corrected chi connectivity index (χ0v) is 13.3. The van der Waals surface area contributed by atoms with Gasteiger partial charge < -0.3 is 5.32 Å². The van der Waals surface area contributed by atoms with E-state index in [0.717, 1.165) is 15.2 Å². The van der Waals surface area contributed by atoms with Crippen LogP contribution in [0.5, 0.6) is 0 Å². The summed E-state index contributed by atoms with van der Waals surface area (Å²) in [5.41, 5.74) is 1.54. The van der Waals surface area contributed by atoms with Crippen molar-refractivity contribution in [3.8, 4) is 0 Å². The second-order valence-electron chi connectivity index (χ2n) is 5.35. The number of rotatable bonds is 2. The van der Waals surface area contributed by atoms with Gasteiger partial charge in [0.2, 0.25) is 0 Å². The van der Waals surface area contributed by atoms with Gasteiger partial charge in [0.1, 0.15) is 0 Å². The highest BCUT2D eigenvalue weighted by Gasteiger charge is 2.28. The minimum Gasteiger partial charge on any atom is -0.381 e. The Balaban J connectivity index is 2.03. The predicted molar refractivity (Wildman–Crippen MR) is 82.3 cm³/mol. The van der Waals surface area contributed by atoms with Crippen LogP contribution >= 0.6 is 39.3 Å². The summed E-state index contributed by atoms with van der Waals surface area (Å²) in [7, 11) is 0. The number of anilines is 1. The Morgan fingerprint density at radius 1 is 1.47 bits per heavy atom. The summed E-state index contributed by atoms with van der Waals surface area (Å²) < 4.78 is 0.947. The van der Waals surface area contributed by atoms with Gasteiger partial charge in [-0.15, -0.1) is 0 Å². The van der Waals surface area contributed by atoms with E-state index in [0.29, 0.717) is 11.5 Å². The molecule has 1 aromatic carbocycles. The highest BCUT2D eigenvalue weighted by atomic mass is 79.9. The lowest BCUT2D eigenvalue weighted by Crippen LogP contribution is -2.35. The molecule has 0 bridgehead atoms. The first-order valence-electron chi connectivity index (χ1n) is 5.76. The van der Waals surface area contributed by atoms with Crippen molar-refractivity contribution in [3.63, 3.8) is 0 Å². The molecule has 1 fully saturated rings. The molecule has 1 heterocycles. The lowest BCUT2D eigenvalue weighted by Gasteiger charge is -2.35. The van der Waals surface area contributed by atoms with Crippen molar-refractivity contribution >= 4 is 45.0 Å². The third-order valence-electron chi connectivity index (χ3n) is 2.90. The van der Waals surface area contributed by atoms with Crippen LogP contribution in [0.2, 0.25) is 5.02 Å². The second kappa shape index (κ2) is 5.41. The van der Waals surface area contributed by atoms with Gasteiger partial charge in [-0.1, -0.05) is 25.4 Å². The van der Waals surface area contributed by atoms with Crippen molar-refractivity contribution in [1.82, 2.24) is 0 Å². The van der Waals surface area contributed by atoms with Crippen molar-refractivity contribution in [2.45, 2.75) is 26.3 Å². The van der Waals surface area contributed by atoms with Crippen LogP contribution < -0.4 is 5.32 Å². The topological polar surface area (TPSA) is 12.0 Å². The molecular formula is C13H17BrClNS. The standard InChI is InChI=1S/C13H17BrClNS/c1-13(2)6-10(7-17-8-13)16-9-3-4-11(14)12(15)5-9/h3-5,10,16H,6-8H2,1-2H3. The SMILES string of the molecule is CC1(C)CSCC(Nc2ccc(Br)c(Cl)c2)C1. The summed E-state index contributed by atoms with van der Waals surface area (Å²) in [6.07, 6.45) is 1.22. The molecule has 0 aliphatic carbocycles. The average molecular weight is 335 g/mol. The van der Waals surface area contributed by atoms with Gasteiger partial charge in [0.15, 0.2) is 0 Å². The number of hydrogen-bond acceptors (Lipinski definition) is 2. The fourth-order valence-corrected chi connectivity index (χ4v) is 3.88. The van der Waals surface area contributed by atoms with E-state index < -0.39 is 0 Å². The quantitative estimate of drug-likeness (QED) is 0.812. The van der Waals surface area contributed by atoms with Crippen LogP contribution in [-0.4, -0.2) is 17.5 Å². The molecule has 0 amide bonds. The van der Waals surface area contributed by atoms with E-state index >= 15 is 0 Å². The third-order valence-corrected chi connectivity index (χ3v) is 5.76. The Labute approximate surface area is 121 Å². The number of thioether (sulfide) groups is 1.